The van der Waals surface area contributed by atoms with Gasteiger partial charge in [0, 0.05) is 36.8 Å². The van der Waals surface area contributed by atoms with E-state index in [1.165, 1.54) is 0 Å². The minimum Gasteiger partial charge on any atom is -0.389 e. The van der Waals surface area contributed by atoms with Crippen molar-refractivity contribution >= 4 is 17.6 Å². The molecular formula is C47H68N2O12. The molecule has 2 aliphatic carbocycles. The van der Waals surface area contributed by atoms with Gasteiger partial charge in [0.25, 0.3) is 5.91 Å². The number of hydrogen-bond donors (Lipinski definition) is 2. The molecule has 2 N–H and O–H groups in total. The molecule has 17 atom stereocenters. The number of aliphatic hydroxyl groups is 1. The molecular weight excluding hydrogens is 785 g/mol. The molecule has 61 heavy (non-hydrogen) atoms. The number of amides is 2. The highest BCUT2D eigenvalue weighted by Gasteiger charge is 2.70. The summed E-state index contributed by atoms with van der Waals surface area (Å²) in [5, 5.41) is 12.3. The summed E-state index contributed by atoms with van der Waals surface area (Å²) in [4.78, 5) is 67.8. The van der Waals surface area contributed by atoms with Crippen molar-refractivity contribution in [1.29, 1.82) is 0 Å². The lowest BCUT2D eigenvalue weighted by Crippen LogP contribution is -2.70. The lowest BCUT2D eigenvalue weighted by molar-refractivity contribution is -0.571. The predicted octanol–water partition coefficient (Wildman–Crippen LogP) is 6.24. The fourth-order valence-electron chi connectivity index (χ4n) is 13.3. The van der Waals surface area contributed by atoms with Gasteiger partial charge < -0.3 is 34.3 Å². The number of hydrogen-bond acceptors (Lipinski definition) is 12. The van der Waals surface area contributed by atoms with Gasteiger partial charge in [-0.15, -0.1) is 0 Å². The zero-order valence-corrected chi connectivity index (χ0v) is 36.9. The van der Waals surface area contributed by atoms with Crippen LogP contribution >= 0.6 is 0 Å². The lowest BCUT2D eigenvalue weighted by Gasteiger charge is -2.60. The predicted molar refractivity (Wildman–Crippen MR) is 218 cm³/mol. The summed E-state index contributed by atoms with van der Waals surface area (Å²) in [7, 11) is 0. The van der Waals surface area contributed by atoms with Crippen molar-refractivity contribution in [3.63, 3.8) is 0 Å². The van der Waals surface area contributed by atoms with Gasteiger partial charge in [-0.25, -0.2) is 19.6 Å². The monoisotopic (exact) mass is 852 g/mol. The summed E-state index contributed by atoms with van der Waals surface area (Å²) in [5.74, 6) is -1.19. The van der Waals surface area contributed by atoms with Gasteiger partial charge >= 0.3 is 0 Å². The van der Waals surface area contributed by atoms with Crippen molar-refractivity contribution < 1.29 is 58.0 Å². The number of Topliss-reactive ketones (excluding diaryl/α,β-unsaturated/α-hetero) is 1. The van der Waals surface area contributed by atoms with Crippen molar-refractivity contribution in [1.82, 2.24) is 10.2 Å². The van der Waals surface area contributed by atoms with Crippen LogP contribution in [0.15, 0.2) is 30.3 Å². The third-order valence-electron chi connectivity index (χ3n) is 16.8. The minimum absolute atomic E-state index is 0.0487. The zero-order chi connectivity index (χ0) is 42.9. The fraction of sp³-hybridized carbons (Fsp3) is 0.809. The number of carbonyl (C=O) groups is 3. The summed E-state index contributed by atoms with van der Waals surface area (Å²) in [6, 6.07) is 8.08. The van der Waals surface area contributed by atoms with E-state index in [-0.39, 0.29) is 73.1 Å². The summed E-state index contributed by atoms with van der Waals surface area (Å²) < 4.78 is 27.1. The SMILES string of the molecule is C[C@@H]1CCC2[C@@H](C)[C@@H](CCCN(C(=O)c3ccccc3)C(CC[C@H]3O[C@@H]4O[C@]5(C)CCC6[C@H](C)CCC([C@H]3C)[C@]64OO5)C(=O)NCC(=O)CO)O[C@@H]3O[C@]4(C)CCC1[C@@]23OO4. The first-order valence-corrected chi connectivity index (χ1v) is 23.4. The van der Waals surface area contributed by atoms with E-state index in [4.69, 9.17) is 38.5 Å². The smallest absolute Gasteiger partial charge is 0.254 e. The van der Waals surface area contributed by atoms with Crippen molar-refractivity contribution in [2.24, 2.45) is 47.3 Å². The maximum absolute atomic E-state index is 14.7. The van der Waals surface area contributed by atoms with E-state index in [1.54, 1.807) is 17.0 Å². The number of aliphatic hydroxyl groups excluding tert-OH is 1. The molecule has 4 bridgehead atoms. The molecule has 0 aromatic heterocycles. The second-order valence-corrected chi connectivity index (χ2v) is 20.4. The Morgan fingerprint density at radius 3 is 1.82 bits per heavy atom. The minimum atomic E-state index is -0.936. The summed E-state index contributed by atoms with van der Waals surface area (Å²) in [5.41, 5.74) is -0.916. The van der Waals surface area contributed by atoms with Gasteiger partial charge in [-0.1, -0.05) is 45.9 Å². The Bertz CT molecular complexity index is 1790. The van der Waals surface area contributed by atoms with Crippen molar-refractivity contribution in [3.05, 3.63) is 35.9 Å². The lowest BCUT2D eigenvalue weighted by atomic mass is 9.57. The fourth-order valence-corrected chi connectivity index (χ4v) is 13.3. The average molecular weight is 853 g/mol. The van der Waals surface area contributed by atoms with E-state index in [2.05, 4.69) is 33.0 Å². The summed E-state index contributed by atoms with van der Waals surface area (Å²) >= 11 is 0. The van der Waals surface area contributed by atoms with E-state index < -0.39 is 59.7 Å². The number of benzene rings is 1. The van der Waals surface area contributed by atoms with E-state index in [0.29, 0.717) is 43.1 Å². The van der Waals surface area contributed by atoms with Gasteiger partial charge in [-0.05, 0) is 126 Å². The number of rotatable bonds is 13. The third-order valence-corrected chi connectivity index (χ3v) is 16.8. The average Bonchev–Trinajstić information content (AvgIpc) is 3.63. The molecule has 8 aliphatic heterocycles. The third kappa shape index (κ3) is 7.51. The van der Waals surface area contributed by atoms with Crippen LogP contribution in [0.3, 0.4) is 0 Å². The quantitative estimate of drug-likeness (QED) is 0.216. The van der Waals surface area contributed by atoms with Gasteiger partial charge in [0.1, 0.15) is 12.6 Å². The molecule has 2 spiro atoms. The normalized spacial score (nSPS) is 45.1. The van der Waals surface area contributed by atoms with E-state index in [1.807, 2.05) is 32.0 Å². The molecule has 11 rings (SSSR count). The van der Waals surface area contributed by atoms with E-state index in [9.17, 15) is 19.5 Å². The Balaban J connectivity index is 0.961. The van der Waals surface area contributed by atoms with E-state index in [0.717, 1.165) is 44.9 Å². The number of nitrogens with zero attached hydrogens (tertiary/aromatic N) is 1. The van der Waals surface area contributed by atoms with Crippen LogP contribution in [0.5, 0.6) is 0 Å². The van der Waals surface area contributed by atoms with Crippen LogP contribution in [0, 0.1) is 47.3 Å². The van der Waals surface area contributed by atoms with Gasteiger partial charge in [0.05, 0.1) is 18.8 Å². The van der Waals surface area contributed by atoms with Crippen LogP contribution in [-0.4, -0.2) is 101 Å². The molecule has 2 saturated carbocycles. The van der Waals surface area contributed by atoms with E-state index >= 15 is 0 Å². The van der Waals surface area contributed by atoms with Crippen LogP contribution in [0.2, 0.25) is 0 Å². The highest BCUT2D eigenvalue weighted by Crippen LogP contribution is 2.62. The van der Waals surface area contributed by atoms with Crippen LogP contribution in [0.4, 0.5) is 0 Å². The number of carbonyl (C=O) groups excluding carboxylic acids is 3. The Morgan fingerprint density at radius 2 is 1.28 bits per heavy atom. The number of ketones is 1. The number of fused-ring (bicyclic) bond motifs is 4. The Kier molecular flexibility index (Phi) is 12.0. The maximum Gasteiger partial charge on any atom is 0.254 e. The van der Waals surface area contributed by atoms with Crippen LogP contribution in [-0.2, 0) is 48.1 Å². The highest BCUT2D eigenvalue weighted by molar-refractivity contribution is 5.98. The van der Waals surface area contributed by atoms with Crippen molar-refractivity contribution in [2.45, 2.75) is 172 Å². The molecule has 1 aromatic carbocycles. The molecule has 14 nitrogen and oxygen atoms in total. The van der Waals surface area contributed by atoms with Crippen LogP contribution in [0.1, 0.15) is 129 Å². The molecule has 10 fully saturated rings. The molecule has 0 radical (unpaired) electrons. The molecule has 2 amide bonds. The Hall–Kier alpha value is -2.53. The molecule has 1 aromatic rings. The maximum atomic E-state index is 14.7. The largest absolute Gasteiger partial charge is 0.389 e. The molecule has 8 saturated heterocycles. The highest BCUT2D eigenvalue weighted by atomic mass is 17.3. The van der Waals surface area contributed by atoms with Crippen LogP contribution in [0.25, 0.3) is 0 Å². The second kappa shape index (κ2) is 16.8. The Labute approximate surface area is 360 Å². The Morgan fingerprint density at radius 1 is 0.738 bits per heavy atom. The summed E-state index contributed by atoms with van der Waals surface area (Å²) in [6.07, 6.45) is 7.70. The second-order valence-electron chi connectivity index (χ2n) is 20.4. The molecule has 10 aliphatic rings. The zero-order valence-electron chi connectivity index (χ0n) is 36.9. The van der Waals surface area contributed by atoms with Gasteiger partial charge in [0.15, 0.2) is 29.6 Å². The molecule has 14 heteroatoms. The summed E-state index contributed by atoms with van der Waals surface area (Å²) in [6.45, 7) is 12.1. The topological polar surface area (TPSA) is 161 Å². The van der Waals surface area contributed by atoms with Crippen molar-refractivity contribution in [2.75, 3.05) is 19.7 Å². The van der Waals surface area contributed by atoms with Gasteiger partial charge in [-0.2, -0.15) is 0 Å². The molecule has 5 unspecified atom stereocenters. The van der Waals surface area contributed by atoms with Crippen LogP contribution < -0.4 is 5.32 Å². The standard InChI is InChI=1S/C47H68N2O12/c1-27-14-16-35-29(3)38(54-42-46(35)33(27)20-22-44(5,56-42)58-60-46)13-10-24-49(41(53)31-11-8-7-9-12-31)37(40(52)48-25-32(51)26-50)18-19-39-30(4)36-17-15-28(2)34-21-23-45(6)57-43(55-39)47(34,36)61-59-45/h7-9,11-12,27-30,33-39,42-43,50H,10,13-26H2,1-6H3,(H,48,52)/t27-,28-,29-,30-,33?,34?,35?,36?,37?,38-,39-,42-,43-,44+,45+,46-,47-/m1/s1. The molecule has 8 heterocycles. The number of nitrogens with one attached hydrogen (secondary N) is 1. The first-order chi connectivity index (χ1) is 29.2. The molecule has 338 valence electrons. The van der Waals surface area contributed by atoms with Crippen molar-refractivity contribution in [3.8, 4) is 0 Å². The van der Waals surface area contributed by atoms with Gasteiger partial charge in [-0.3, -0.25) is 14.4 Å². The number of ether oxygens (including phenoxy) is 4. The van der Waals surface area contributed by atoms with Gasteiger partial charge in [0.2, 0.25) is 17.5 Å². The first kappa shape index (κ1) is 43.7. The first-order valence-electron chi connectivity index (χ1n) is 23.4.